The van der Waals surface area contributed by atoms with Gasteiger partial charge in [-0.15, -0.1) is 0 Å². The van der Waals surface area contributed by atoms with Gasteiger partial charge in [-0.25, -0.2) is 0 Å². The van der Waals surface area contributed by atoms with Crippen molar-refractivity contribution >= 4 is 17.3 Å². The minimum Gasteiger partial charge on any atom is -0.493 e. The van der Waals surface area contributed by atoms with Gasteiger partial charge in [-0.3, -0.25) is 0 Å². The Hall–Kier alpha value is -1.17. The molecule has 0 saturated carbocycles. The van der Waals surface area contributed by atoms with Crippen molar-refractivity contribution in [1.82, 2.24) is 5.32 Å². The maximum atomic E-state index is 6.29. The molecule has 0 amide bonds. The minimum atomic E-state index is 0.264. The molecule has 2 N–H and O–H groups in total. The average molecular weight is 315 g/mol. The topological polar surface area (TPSA) is 51.8 Å². The molecular formula is C15H23ClN2O3. The lowest BCUT2D eigenvalue weighted by atomic mass is 10.1. The molecule has 0 radical (unpaired) electrons. The summed E-state index contributed by atoms with van der Waals surface area (Å²) < 4.78 is 16.0. The number of hydrogen-bond donors (Lipinski definition) is 2. The van der Waals surface area contributed by atoms with Gasteiger partial charge in [0.1, 0.15) is 0 Å². The second kappa shape index (κ2) is 7.73. The van der Waals surface area contributed by atoms with Crippen LogP contribution in [0.3, 0.4) is 0 Å². The van der Waals surface area contributed by atoms with Crippen molar-refractivity contribution in [2.45, 2.75) is 25.4 Å². The summed E-state index contributed by atoms with van der Waals surface area (Å²) in [6.45, 7) is 4.59. The fourth-order valence-electron chi connectivity index (χ4n) is 2.49. The van der Waals surface area contributed by atoms with Gasteiger partial charge < -0.3 is 24.8 Å². The van der Waals surface area contributed by atoms with Gasteiger partial charge >= 0.3 is 0 Å². The summed E-state index contributed by atoms with van der Waals surface area (Å²) >= 11 is 6.29. The molecule has 21 heavy (non-hydrogen) atoms. The fraction of sp³-hybridized carbons (Fsp3) is 0.600. The van der Waals surface area contributed by atoms with E-state index in [-0.39, 0.29) is 6.04 Å². The van der Waals surface area contributed by atoms with E-state index in [4.69, 9.17) is 25.8 Å². The first-order chi connectivity index (χ1) is 10.1. The predicted molar refractivity (Wildman–Crippen MR) is 84.9 cm³/mol. The van der Waals surface area contributed by atoms with Crippen LogP contribution >= 0.6 is 11.6 Å². The van der Waals surface area contributed by atoms with Crippen LogP contribution in [0.5, 0.6) is 11.5 Å². The van der Waals surface area contributed by atoms with Crippen LogP contribution in [0.25, 0.3) is 0 Å². The first kappa shape index (κ1) is 16.2. The van der Waals surface area contributed by atoms with Gasteiger partial charge in [-0.2, -0.15) is 0 Å². The Kier molecular flexibility index (Phi) is 5.96. The minimum absolute atomic E-state index is 0.264. The van der Waals surface area contributed by atoms with Crippen molar-refractivity contribution in [1.29, 1.82) is 0 Å². The predicted octanol–water partition coefficient (Wildman–Crippen LogP) is 2.54. The molecule has 5 nitrogen and oxygen atoms in total. The van der Waals surface area contributed by atoms with E-state index in [9.17, 15) is 0 Å². The molecule has 1 fully saturated rings. The van der Waals surface area contributed by atoms with Gasteiger partial charge in [0.2, 0.25) is 0 Å². The number of hydrogen-bond acceptors (Lipinski definition) is 5. The molecule has 1 aromatic rings. The highest BCUT2D eigenvalue weighted by atomic mass is 35.5. The smallest absolute Gasteiger partial charge is 0.162 e. The van der Waals surface area contributed by atoms with Crippen LogP contribution in [0.15, 0.2) is 12.1 Å². The van der Waals surface area contributed by atoms with Crippen molar-refractivity contribution in [3.63, 3.8) is 0 Å². The van der Waals surface area contributed by atoms with Crippen molar-refractivity contribution in [2.75, 3.05) is 39.3 Å². The van der Waals surface area contributed by atoms with Gasteiger partial charge in [0, 0.05) is 30.8 Å². The monoisotopic (exact) mass is 314 g/mol. The van der Waals surface area contributed by atoms with Crippen LogP contribution in [0.4, 0.5) is 5.69 Å². The number of ether oxygens (including phenoxy) is 3. The lowest BCUT2D eigenvalue weighted by Crippen LogP contribution is -2.43. The third-order valence-corrected chi connectivity index (χ3v) is 3.82. The molecule has 0 aliphatic carbocycles. The quantitative estimate of drug-likeness (QED) is 0.845. The third-order valence-electron chi connectivity index (χ3n) is 3.51. The maximum Gasteiger partial charge on any atom is 0.162 e. The van der Waals surface area contributed by atoms with Crippen molar-refractivity contribution in [2.24, 2.45) is 0 Å². The van der Waals surface area contributed by atoms with Crippen molar-refractivity contribution in [3.8, 4) is 11.5 Å². The summed E-state index contributed by atoms with van der Waals surface area (Å²) in [6, 6.07) is 4.26. The normalized spacial score (nSPS) is 19.9. The standard InChI is InChI=1S/C15H23ClN2O3/c1-10(6-11-9-21-5-4-17-11)18-13-8-15(20-3)14(19-2)7-12(13)16/h7-8,10-11,17-18H,4-6,9H2,1-3H3. The third kappa shape index (κ3) is 4.40. The zero-order valence-corrected chi connectivity index (χ0v) is 13.5. The van der Waals surface area contributed by atoms with E-state index in [1.165, 1.54) is 0 Å². The van der Waals surface area contributed by atoms with E-state index in [0.29, 0.717) is 22.6 Å². The molecule has 118 valence electrons. The Morgan fingerprint density at radius 2 is 2.10 bits per heavy atom. The molecule has 2 unspecified atom stereocenters. The molecule has 1 heterocycles. The lowest BCUT2D eigenvalue weighted by Gasteiger charge is -2.27. The van der Waals surface area contributed by atoms with Crippen LogP contribution in [-0.2, 0) is 4.74 Å². The Balaban J connectivity index is 2.00. The average Bonchev–Trinajstić information content (AvgIpc) is 2.49. The molecule has 2 rings (SSSR count). The SMILES string of the molecule is COc1cc(Cl)c(NC(C)CC2COCCN2)cc1OC. The summed E-state index contributed by atoms with van der Waals surface area (Å²) in [5.74, 6) is 1.29. The summed E-state index contributed by atoms with van der Waals surface area (Å²) in [5.41, 5.74) is 0.846. The molecule has 2 atom stereocenters. The summed E-state index contributed by atoms with van der Waals surface area (Å²) in [6.07, 6.45) is 0.963. The van der Waals surface area contributed by atoms with E-state index < -0.39 is 0 Å². The molecule has 0 aromatic heterocycles. The maximum absolute atomic E-state index is 6.29. The number of methoxy groups -OCH3 is 2. The number of anilines is 1. The van der Waals surface area contributed by atoms with Crippen LogP contribution in [-0.4, -0.2) is 46.1 Å². The van der Waals surface area contributed by atoms with E-state index >= 15 is 0 Å². The Morgan fingerprint density at radius 3 is 2.71 bits per heavy atom. The van der Waals surface area contributed by atoms with Crippen molar-refractivity contribution in [3.05, 3.63) is 17.2 Å². The van der Waals surface area contributed by atoms with Gasteiger partial charge in [0.25, 0.3) is 0 Å². The van der Waals surface area contributed by atoms with E-state index in [0.717, 1.165) is 31.9 Å². The Labute approximate surface area is 130 Å². The lowest BCUT2D eigenvalue weighted by molar-refractivity contribution is 0.0731. The number of rotatable bonds is 6. The van der Waals surface area contributed by atoms with E-state index in [2.05, 4.69) is 17.6 Å². The highest BCUT2D eigenvalue weighted by molar-refractivity contribution is 6.33. The van der Waals surface area contributed by atoms with Gasteiger partial charge in [-0.1, -0.05) is 11.6 Å². The second-order valence-electron chi connectivity index (χ2n) is 5.19. The highest BCUT2D eigenvalue weighted by Crippen LogP contribution is 2.36. The van der Waals surface area contributed by atoms with Gasteiger partial charge in [0.05, 0.1) is 38.1 Å². The fourth-order valence-corrected chi connectivity index (χ4v) is 2.70. The molecule has 0 bridgehead atoms. The summed E-state index contributed by atoms with van der Waals surface area (Å²) in [5, 5.41) is 7.49. The number of benzene rings is 1. The summed E-state index contributed by atoms with van der Waals surface area (Å²) in [4.78, 5) is 0. The molecule has 1 aliphatic heterocycles. The van der Waals surface area contributed by atoms with Gasteiger partial charge in [-0.05, 0) is 13.3 Å². The molecule has 1 aromatic carbocycles. The first-order valence-electron chi connectivity index (χ1n) is 7.13. The molecular weight excluding hydrogens is 292 g/mol. The van der Waals surface area contributed by atoms with Crippen LogP contribution < -0.4 is 20.1 Å². The van der Waals surface area contributed by atoms with Crippen LogP contribution in [0.2, 0.25) is 5.02 Å². The summed E-state index contributed by atoms with van der Waals surface area (Å²) in [7, 11) is 3.21. The van der Waals surface area contributed by atoms with Gasteiger partial charge in [0.15, 0.2) is 11.5 Å². The number of nitrogens with one attached hydrogen (secondary N) is 2. The Morgan fingerprint density at radius 1 is 1.38 bits per heavy atom. The number of halogens is 1. The second-order valence-corrected chi connectivity index (χ2v) is 5.60. The Bertz CT molecular complexity index is 464. The first-order valence-corrected chi connectivity index (χ1v) is 7.51. The largest absolute Gasteiger partial charge is 0.493 e. The van der Waals surface area contributed by atoms with E-state index in [1.807, 2.05) is 6.07 Å². The molecule has 0 spiro atoms. The van der Waals surface area contributed by atoms with E-state index in [1.54, 1.807) is 20.3 Å². The zero-order valence-electron chi connectivity index (χ0n) is 12.7. The molecule has 1 aliphatic rings. The van der Waals surface area contributed by atoms with Crippen molar-refractivity contribution < 1.29 is 14.2 Å². The molecule has 1 saturated heterocycles. The zero-order chi connectivity index (χ0) is 15.2. The molecule has 6 heteroatoms. The van der Waals surface area contributed by atoms with Crippen LogP contribution in [0.1, 0.15) is 13.3 Å². The highest BCUT2D eigenvalue weighted by Gasteiger charge is 2.17. The number of morpholine rings is 1. The van der Waals surface area contributed by atoms with Crippen LogP contribution in [0, 0.1) is 0 Å².